The summed E-state index contributed by atoms with van der Waals surface area (Å²) in [6.07, 6.45) is 5.16. The molecule has 0 spiro atoms. The number of alkyl halides is 2. The fourth-order valence-electron chi connectivity index (χ4n) is 6.77. The third-order valence-electron chi connectivity index (χ3n) is 8.20. The molecule has 1 amide bonds. The van der Waals surface area contributed by atoms with Crippen LogP contribution in [0.1, 0.15) is 71.0 Å². The molecular weight excluding hydrogens is 493 g/mol. The van der Waals surface area contributed by atoms with Gasteiger partial charge in [0.1, 0.15) is 10.8 Å². The quantitative estimate of drug-likeness (QED) is 0.373. The van der Waals surface area contributed by atoms with Crippen LogP contribution in [0.15, 0.2) is 18.2 Å². The second kappa shape index (κ2) is 9.03. The van der Waals surface area contributed by atoms with Crippen molar-refractivity contribution in [3.05, 3.63) is 45.3 Å². The number of esters is 1. The summed E-state index contributed by atoms with van der Waals surface area (Å²) in [5.74, 6) is 1.54. The number of thiophene rings is 1. The zero-order valence-electron chi connectivity index (χ0n) is 19.6. The van der Waals surface area contributed by atoms with Crippen molar-refractivity contribution in [2.45, 2.75) is 62.1 Å². The molecule has 34 heavy (non-hydrogen) atoms. The van der Waals surface area contributed by atoms with E-state index in [0.29, 0.717) is 28.3 Å². The lowest BCUT2D eigenvalue weighted by Crippen LogP contribution is -2.43. The Bertz CT molecular complexity index is 1150. The van der Waals surface area contributed by atoms with Crippen molar-refractivity contribution in [2.24, 2.45) is 11.8 Å². The molecule has 1 aromatic carbocycles. The summed E-state index contributed by atoms with van der Waals surface area (Å²) in [7, 11) is 1.72. The Kier molecular flexibility index (Phi) is 6.36. The number of carbonyl (C=O) groups is 2. The summed E-state index contributed by atoms with van der Waals surface area (Å²) in [6, 6.07) is 6.53. The predicted octanol–water partition coefficient (Wildman–Crippen LogP) is 6.25. The highest BCUT2D eigenvalue weighted by atomic mass is 35.5. The number of benzene rings is 1. The average Bonchev–Trinajstić information content (AvgIpc) is 3.32. The van der Waals surface area contributed by atoms with Crippen molar-refractivity contribution in [1.82, 2.24) is 0 Å². The molecule has 1 saturated carbocycles. The van der Waals surface area contributed by atoms with Crippen LogP contribution in [0.3, 0.4) is 0 Å². The number of nitrogens with one attached hydrogen (secondary N) is 1. The van der Waals surface area contributed by atoms with Gasteiger partial charge >= 0.3 is 5.97 Å². The van der Waals surface area contributed by atoms with Gasteiger partial charge < -0.3 is 14.8 Å². The van der Waals surface area contributed by atoms with Gasteiger partial charge in [0.25, 0.3) is 5.91 Å². The smallest absolute Gasteiger partial charge is 0.341 e. The highest BCUT2D eigenvalue weighted by Crippen LogP contribution is 2.63. The molecule has 0 radical (unpaired) electrons. The normalized spacial score (nSPS) is 26.8. The first-order valence-corrected chi connectivity index (χ1v) is 13.6. The lowest BCUT2D eigenvalue weighted by atomic mass is 9.54. The fraction of sp³-hybridized carbons (Fsp3) is 0.538. The molecule has 1 aromatic heterocycles. The summed E-state index contributed by atoms with van der Waals surface area (Å²) in [4.78, 5) is 25.3. The van der Waals surface area contributed by atoms with E-state index in [-0.39, 0.29) is 18.0 Å². The molecule has 0 saturated heterocycles. The molecule has 1 fully saturated rings. The molecule has 0 bridgehead atoms. The predicted molar refractivity (Wildman–Crippen MR) is 136 cm³/mol. The minimum Gasteiger partial charge on any atom is -0.497 e. The monoisotopic (exact) mass is 521 g/mol. The Morgan fingerprint density at radius 1 is 1.29 bits per heavy atom. The van der Waals surface area contributed by atoms with Crippen LogP contribution >= 0.6 is 34.5 Å². The molecule has 1 N–H and O–H groups in total. The van der Waals surface area contributed by atoms with E-state index in [1.165, 1.54) is 27.3 Å². The van der Waals surface area contributed by atoms with Crippen LogP contribution in [0.4, 0.5) is 5.00 Å². The van der Waals surface area contributed by atoms with Gasteiger partial charge in [-0.1, -0.05) is 36.2 Å². The molecule has 0 aliphatic heterocycles. The van der Waals surface area contributed by atoms with Gasteiger partial charge in [-0.2, -0.15) is 0 Å². The Morgan fingerprint density at radius 3 is 2.79 bits per heavy atom. The van der Waals surface area contributed by atoms with E-state index < -0.39 is 10.7 Å². The maximum atomic E-state index is 13.1. The second-order valence-electron chi connectivity index (χ2n) is 9.76. The largest absolute Gasteiger partial charge is 0.497 e. The molecule has 5 nitrogen and oxygen atoms in total. The lowest BCUT2D eigenvalue weighted by Gasteiger charge is -2.49. The van der Waals surface area contributed by atoms with Gasteiger partial charge in [-0.25, -0.2) is 4.79 Å². The second-order valence-corrected chi connectivity index (χ2v) is 12.0. The standard InChI is InChI=1S/C26H29Cl2NO4S/c1-4-33-25(31)20-21-19(34-24(20)29-23(30)22(27)28)12-18-17-7-5-13-11-14(32-3)6-8-15(13)16(17)9-10-26(18,21)2/h6,8,11,16-18,22H,4-5,7,9-10,12H2,1-3H3,(H,29,30)/t16-,17-,18-,26+/m0/s1. The number of fused-ring (bicyclic) bond motifs is 7. The average molecular weight is 522 g/mol. The van der Waals surface area contributed by atoms with Crippen LogP contribution in [0.25, 0.3) is 0 Å². The van der Waals surface area contributed by atoms with E-state index in [9.17, 15) is 9.59 Å². The Labute approximate surface area is 214 Å². The van der Waals surface area contributed by atoms with Gasteiger partial charge in [-0.15, -0.1) is 11.3 Å². The molecule has 4 atom stereocenters. The number of halogens is 2. The van der Waals surface area contributed by atoms with Crippen molar-refractivity contribution in [1.29, 1.82) is 0 Å². The number of carbonyl (C=O) groups excluding carboxylic acids is 2. The van der Waals surface area contributed by atoms with E-state index in [4.69, 9.17) is 32.7 Å². The van der Waals surface area contributed by atoms with Gasteiger partial charge in [0.2, 0.25) is 0 Å². The van der Waals surface area contributed by atoms with E-state index in [1.54, 1.807) is 14.0 Å². The van der Waals surface area contributed by atoms with Crippen LogP contribution in [-0.2, 0) is 27.8 Å². The zero-order valence-corrected chi connectivity index (χ0v) is 21.9. The summed E-state index contributed by atoms with van der Waals surface area (Å²) in [5.41, 5.74) is 4.29. The van der Waals surface area contributed by atoms with E-state index in [0.717, 1.165) is 43.4 Å². The van der Waals surface area contributed by atoms with E-state index in [2.05, 4.69) is 30.4 Å². The molecule has 8 heteroatoms. The van der Waals surface area contributed by atoms with Crippen molar-refractivity contribution >= 4 is 51.4 Å². The third kappa shape index (κ3) is 3.73. The van der Waals surface area contributed by atoms with Crippen LogP contribution in [0, 0.1) is 11.8 Å². The number of methoxy groups -OCH3 is 1. The van der Waals surface area contributed by atoms with Crippen LogP contribution in [0.5, 0.6) is 5.75 Å². The number of anilines is 1. The number of amides is 1. The highest BCUT2D eigenvalue weighted by molar-refractivity contribution is 7.17. The molecule has 3 aliphatic rings. The number of aryl methyl sites for hydroxylation is 1. The maximum absolute atomic E-state index is 13.1. The Hall–Kier alpha value is -1.76. The Balaban J connectivity index is 1.52. The van der Waals surface area contributed by atoms with Gasteiger partial charge in [0, 0.05) is 4.88 Å². The molecule has 5 rings (SSSR count). The topological polar surface area (TPSA) is 64.6 Å². The first-order chi connectivity index (χ1) is 16.3. The van der Waals surface area contributed by atoms with E-state index in [1.807, 2.05) is 0 Å². The molecule has 2 aromatic rings. The summed E-state index contributed by atoms with van der Waals surface area (Å²) in [6.45, 7) is 4.37. The van der Waals surface area contributed by atoms with Crippen molar-refractivity contribution < 1.29 is 19.1 Å². The van der Waals surface area contributed by atoms with Crippen molar-refractivity contribution in [2.75, 3.05) is 19.0 Å². The number of ether oxygens (including phenoxy) is 2. The molecule has 1 heterocycles. The number of rotatable bonds is 5. The van der Waals surface area contributed by atoms with Gasteiger partial charge in [-0.3, -0.25) is 4.79 Å². The maximum Gasteiger partial charge on any atom is 0.341 e. The minimum absolute atomic E-state index is 0.136. The zero-order chi connectivity index (χ0) is 24.2. The summed E-state index contributed by atoms with van der Waals surface area (Å²) in [5, 5.41) is 3.28. The van der Waals surface area contributed by atoms with Crippen LogP contribution in [0.2, 0.25) is 0 Å². The van der Waals surface area contributed by atoms with Gasteiger partial charge in [0.05, 0.1) is 19.3 Å². The number of hydrogen-bond acceptors (Lipinski definition) is 5. The molecular formula is C26H29Cl2NO4S. The van der Waals surface area contributed by atoms with Crippen LogP contribution in [-0.4, -0.2) is 30.4 Å². The van der Waals surface area contributed by atoms with Crippen LogP contribution < -0.4 is 10.1 Å². The lowest BCUT2D eigenvalue weighted by molar-refractivity contribution is -0.114. The fourth-order valence-corrected chi connectivity index (χ4v) is 8.27. The third-order valence-corrected chi connectivity index (χ3v) is 9.72. The number of hydrogen-bond donors (Lipinski definition) is 1. The minimum atomic E-state index is -1.20. The molecule has 3 aliphatic carbocycles. The van der Waals surface area contributed by atoms with Crippen molar-refractivity contribution in [3.8, 4) is 5.75 Å². The first kappa shape index (κ1) is 24.0. The molecule has 182 valence electrons. The van der Waals surface area contributed by atoms with Crippen molar-refractivity contribution in [3.63, 3.8) is 0 Å². The van der Waals surface area contributed by atoms with Gasteiger partial charge in [0.15, 0.2) is 4.84 Å². The SMILES string of the molecule is CCOC(=O)c1c(NC(=O)C(Cl)Cl)sc2c1[C@]1(C)CC[C@H]3c4ccc(OC)cc4CC[C@@H]3[C@@H]1C2. The molecule has 0 unspecified atom stereocenters. The van der Waals surface area contributed by atoms with E-state index >= 15 is 0 Å². The summed E-state index contributed by atoms with van der Waals surface area (Å²) >= 11 is 13.0. The Morgan fingerprint density at radius 2 is 2.09 bits per heavy atom. The first-order valence-electron chi connectivity index (χ1n) is 11.9. The summed E-state index contributed by atoms with van der Waals surface area (Å²) < 4.78 is 10.9. The highest BCUT2D eigenvalue weighted by Gasteiger charge is 2.55. The van der Waals surface area contributed by atoms with Gasteiger partial charge in [-0.05, 0) is 91.0 Å².